The third-order valence-electron chi connectivity index (χ3n) is 4.05. The van der Waals surface area contributed by atoms with Crippen molar-refractivity contribution in [1.29, 1.82) is 0 Å². The summed E-state index contributed by atoms with van der Waals surface area (Å²) in [6.45, 7) is 0.0760. The van der Waals surface area contributed by atoms with E-state index in [0.717, 1.165) is 12.8 Å². The van der Waals surface area contributed by atoms with Gasteiger partial charge in [-0.15, -0.1) is 0 Å². The first-order valence-electron chi connectivity index (χ1n) is 7.56. The maximum absolute atomic E-state index is 13.1. The minimum absolute atomic E-state index is 0.0760. The number of rotatable bonds is 3. The van der Waals surface area contributed by atoms with Crippen LogP contribution < -0.4 is 10.9 Å². The Bertz CT molecular complexity index is 814. The molecule has 0 saturated carbocycles. The summed E-state index contributed by atoms with van der Waals surface area (Å²) in [6, 6.07) is 5.82. The molecule has 0 aliphatic heterocycles. The molecule has 23 heavy (non-hydrogen) atoms. The summed E-state index contributed by atoms with van der Waals surface area (Å²) < 4.78 is 13.1. The number of aromatic hydroxyl groups is 1. The normalized spacial score (nSPS) is 13.4. The fraction of sp³-hybridized carbons (Fsp3) is 0.294. The van der Waals surface area contributed by atoms with E-state index in [2.05, 4.69) is 10.3 Å². The molecule has 0 spiro atoms. The van der Waals surface area contributed by atoms with Crippen LogP contribution in [0.4, 0.5) is 4.39 Å². The van der Waals surface area contributed by atoms with Gasteiger partial charge in [-0.05, 0) is 43.4 Å². The van der Waals surface area contributed by atoms with Gasteiger partial charge in [0, 0.05) is 17.8 Å². The Morgan fingerprint density at radius 3 is 2.87 bits per heavy atom. The van der Waals surface area contributed by atoms with Crippen molar-refractivity contribution in [1.82, 2.24) is 10.3 Å². The summed E-state index contributed by atoms with van der Waals surface area (Å²) in [5, 5.41) is 12.8. The second kappa shape index (κ2) is 6.24. The van der Waals surface area contributed by atoms with E-state index in [1.54, 1.807) is 12.1 Å². The Labute approximate surface area is 132 Å². The molecular formula is C17H17FN2O3. The quantitative estimate of drug-likeness (QED) is 0.810. The zero-order valence-electron chi connectivity index (χ0n) is 12.5. The number of hydrogen-bond acceptors (Lipinski definition) is 3. The van der Waals surface area contributed by atoms with Gasteiger partial charge in [0.05, 0.1) is 0 Å². The van der Waals surface area contributed by atoms with Crippen LogP contribution in [-0.4, -0.2) is 16.0 Å². The van der Waals surface area contributed by atoms with Gasteiger partial charge in [0.2, 0.25) is 0 Å². The molecule has 120 valence electrons. The summed E-state index contributed by atoms with van der Waals surface area (Å²) in [5.41, 5.74) is 1.06. The molecule has 0 atom stereocenters. The zero-order valence-corrected chi connectivity index (χ0v) is 12.5. The minimum atomic E-state index is -0.665. The number of halogens is 1. The van der Waals surface area contributed by atoms with Crippen molar-refractivity contribution in [2.45, 2.75) is 32.2 Å². The summed E-state index contributed by atoms with van der Waals surface area (Å²) in [7, 11) is 0. The van der Waals surface area contributed by atoms with Crippen molar-refractivity contribution in [3.8, 4) is 5.75 Å². The average Bonchev–Trinajstić information content (AvgIpc) is 2.53. The van der Waals surface area contributed by atoms with E-state index < -0.39 is 17.3 Å². The van der Waals surface area contributed by atoms with Gasteiger partial charge >= 0.3 is 0 Å². The highest BCUT2D eigenvalue weighted by molar-refractivity contribution is 5.96. The Balaban J connectivity index is 1.83. The smallest absolute Gasteiger partial charge is 0.264 e. The number of aromatic amines is 1. The Morgan fingerprint density at radius 2 is 2.09 bits per heavy atom. The monoisotopic (exact) mass is 316 g/mol. The number of H-pyrrole nitrogens is 1. The van der Waals surface area contributed by atoms with Gasteiger partial charge in [-0.2, -0.15) is 0 Å². The lowest BCUT2D eigenvalue weighted by Crippen LogP contribution is -2.31. The van der Waals surface area contributed by atoms with E-state index in [-0.39, 0.29) is 17.9 Å². The number of aryl methyl sites for hydroxylation is 1. The lowest BCUT2D eigenvalue weighted by atomic mass is 9.93. The molecule has 1 heterocycles. The van der Waals surface area contributed by atoms with Crippen molar-refractivity contribution < 1.29 is 14.3 Å². The predicted molar refractivity (Wildman–Crippen MR) is 82.9 cm³/mol. The topological polar surface area (TPSA) is 82.2 Å². The Hall–Kier alpha value is -2.63. The molecule has 0 fully saturated rings. The molecule has 1 aromatic carbocycles. The molecule has 1 aromatic heterocycles. The van der Waals surface area contributed by atoms with Crippen LogP contribution in [0.25, 0.3) is 0 Å². The highest BCUT2D eigenvalue weighted by atomic mass is 19.1. The lowest BCUT2D eigenvalue weighted by Gasteiger charge is -2.18. The molecule has 1 aliphatic rings. The average molecular weight is 316 g/mol. The molecule has 0 unspecified atom stereocenters. The van der Waals surface area contributed by atoms with Crippen molar-refractivity contribution in [3.05, 3.63) is 62.8 Å². The molecule has 1 aliphatic carbocycles. The van der Waals surface area contributed by atoms with Crippen LogP contribution in [-0.2, 0) is 19.4 Å². The predicted octanol–water partition coefficient (Wildman–Crippen LogP) is 2.03. The summed E-state index contributed by atoms with van der Waals surface area (Å²) in [4.78, 5) is 27.0. The molecule has 3 N–H and O–H groups in total. The molecule has 0 saturated heterocycles. The number of nitrogens with one attached hydrogen (secondary N) is 2. The van der Waals surface area contributed by atoms with E-state index in [0.29, 0.717) is 29.7 Å². The second-order valence-corrected chi connectivity index (χ2v) is 5.65. The minimum Gasteiger partial charge on any atom is -0.507 e. The first-order chi connectivity index (χ1) is 11.1. The molecule has 6 heteroatoms. The largest absolute Gasteiger partial charge is 0.507 e. The fourth-order valence-electron chi connectivity index (χ4n) is 2.89. The van der Waals surface area contributed by atoms with Gasteiger partial charge in [-0.25, -0.2) is 4.39 Å². The molecule has 3 rings (SSSR count). The molecule has 2 aromatic rings. The highest BCUT2D eigenvalue weighted by Gasteiger charge is 2.23. The standard InChI is InChI=1S/C17H17FN2O3/c18-11-5-3-4-10(8-11)9-19-16(22)14-15(21)12-6-1-2-7-13(12)20-17(14)23/h3-5,8H,1-2,6-7,9H2,(H,19,22)(H2,20,21,23). The van der Waals surface area contributed by atoms with Crippen LogP contribution in [0.15, 0.2) is 29.1 Å². The van der Waals surface area contributed by atoms with Crippen LogP contribution >= 0.6 is 0 Å². The maximum atomic E-state index is 13.1. The third kappa shape index (κ3) is 3.11. The molecule has 1 amide bonds. The summed E-state index contributed by atoms with van der Waals surface area (Å²) >= 11 is 0. The van der Waals surface area contributed by atoms with Crippen molar-refractivity contribution in [2.75, 3.05) is 0 Å². The van der Waals surface area contributed by atoms with Crippen molar-refractivity contribution in [2.24, 2.45) is 0 Å². The number of hydrogen-bond donors (Lipinski definition) is 3. The van der Waals surface area contributed by atoms with Gasteiger partial charge in [0.1, 0.15) is 17.1 Å². The van der Waals surface area contributed by atoms with Crippen molar-refractivity contribution in [3.63, 3.8) is 0 Å². The van der Waals surface area contributed by atoms with Crippen LogP contribution in [0.2, 0.25) is 0 Å². The summed E-state index contributed by atoms with van der Waals surface area (Å²) in [5.74, 6) is -1.30. The van der Waals surface area contributed by atoms with Gasteiger partial charge in [0.15, 0.2) is 0 Å². The number of aromatic nitrogens is 1. The highest BCUT2D eigenvalue weighted by Crippen LogP contribution is 2.28. The SMILES string of the molecule is O=C(NCc1cccc(F)c1)c1c(O)c2c([nH]c1=O)CCCC2. The number of amides is 1. The van der Waals surface area contributed by atoms with Gasteiger partial charge in [-0.3, -0.25) is 9.59 Å². The van der Waals surface area contributed by atoms with Crippen molar-refractivity contribution >= 4 is 5.91 Å². The van der Waals surface area contributed by atoms with E-state index in [4.69, 9.17) is 0 Å². The van der Waals surface area contributed by atoms with Gasteiger partial charge < -0.3 is 15.4 Å². The van der Waals surface area contributed by atoms with E-state index >= 15 is 0 Å². The fourth-order valence-corrected chi connectivity index (χ4v) is 2.89. The van der Waals surface area contributed by atoms with Crippen LogP contribution in [0.1, 0.15) is 40.0 Å². The number of carbonyl (C=O) groups excluding carboxylic acids is 1. The molecular weight excluding hydrogens is 299 g/mol. The first-order valence-corrected chi connectivity index (χ1v) is 7.56. The Morgan fingerprint density at radius 1 is 1.30 bits per heavy atom. The molecule has 5 nitrogen and oxygen atoms in total. The van der Waals surface area contributed by atoms with Crippen LogP contribution in [0.3, 0.4) is 0 Å². The zero-order chi connectivity index (χ0) is 16.4. The molecule has 0 bridgehead atoms. The number of benzene rings is 1. The first kappa shape index (κ1) is 15.3. The van der Waals surface area contributed by atoms with Crippen LogP contribution in [0, 0.1) is 5.82 Å². The third-order valence-corrected chi connectivity index (χ3v) is 4.05. The van der Waals surface area contributed by atoms with Crippen LogP contribution in [0.5, 0.6) is 5.75 Å². The van der Waals surface area contributed by atoms with E-state index in [1.807, 2.05) is 0 Å². The van der Waals surface area contributed by atoms with Gasteiger partial charge in [0.25, 0.3) is 11.5 Å². The second-order valence-electron chi connectivity index (χ2n) is 5.65. The van der Waals surface area contributed by atoms with E-state index in [9.17, 15) is 19.1 Å². The maximum Gasteiger partial charge on any atom is 0.264 e. The number of fused-ring (bicyclic) bond motifs is 1. The summed E-state index contributed by atoms with van der Waals surface area (Å²) in [6.07, 6.45) is 3.20. The molecule has 0 radical (unpaired) electrons. The van der Waals surface area contributed by atoms with E-state index in [1.165, 1.54) is 12.1 Å². The lowest BCUT2D eigenvalue weighted by molar-refractivity contribution is 0.0946. The Kier molecular flexibility index (Phi) is 4.14. The number of pyridine rings is 1. The van der Waals surface area contributed by atoms with Gasteiger partial charge in [-0.1, -0.05) is 12.1 Å². The number of carbonyl (C=O) groups is 1.